The summed E-state index contributed by atoms with van der Waals surface area (Å²) in [6.45, 7) is 1.12. The molecule has 0 saturated heterocycles. The van der Waals surface area contributed by atoms with Gasteiger partial charge >= 0.3 is 0 Å². The number of hydrogen-bond acceptors (Lipinski definition) is 4. The summed E-state index contributed by atoms with van der Waals surface area (Å²) < 4.78 is 0. The second kappa shape index (κ2) is 7.50. The van der Waals surface area contributed by atoms with Crippen LogP contribution in [0, 0.1) is 0 Å². The highest BCUT2D eigenvalue weighted by Crippen LogP contribution is 2.27. The summed E-state index contributed by atoms with van der Waals surface area (Å²) in [5, 5.41) is 24.3. The van der Waals surface area contributed by atoms with Crippen LogP contribution in [0.3, 0.4) is 0 Å². The van der Waals surface area contributed by atoms with Crippen LogP contribution >= 0.6 is 0 Å². The number of rotatable bonds is 7. The third-order valence-electron chi connectivity index (χ3n) is 3.60. The van der Waals surface area contributed by atoms with Crippen LogP contribution in [0.25, 0.3) is 0 Å². The fraction of sp³-hybridized carbons (Fsp3) is 0.917. The van der Waals surface area contributed by atoms with Gasteiger partial charge in [-0.1, -0.05) is 24.4 Å². The highest BCUT2D eigenvalue weighted by atomic mass is 16.4. The molecule has 0 aromatic carbocycles. The first-order valence-electron chi connectivity index (χ1n) is 6.55. The maximum atomic E-state index is 9.49. The molecule has 1 aliphatic rings. The van der Waals surface area contributed by atoms with Crippen molar-refractivity contribution in [2.24, 2.45) is 10.9 Å². The average Bonchev–Trinajstić information content (AvgIpc) is 2.39. The van der Waals surface area contributed by atoms with Gasteiger partial charge in [-0.05, 0) is 32.2 Å². The Labute approximate surface area is 103 Å². The Morgan fingerprint density at radius 1 is 1.24 bits per heavy atom. The first-order chi connectivity index (χ1) is 8.22. The van der Waals surface area contributed by atoms with Gasteiger partial charge in [-0.25, -0.2) is 0 Å². The van der Waals surface area contributed by atoms with Crippen LogP contribution in [-0.2, 0) is 0 Å². The lowest BCUT2D eigenvalue weighted by molar-refractivity contribution is 0.121. The van der Waals surface area contributed by atoms with Gasteiger partial charge in [0.05, 0.1) is 6.61 Å². The number of aliphatic hydroxyl groups is 1. The van der Waals surface area contributed by atoms with Crippen molar-refractivity contribution in [3.63, 3.8) is 0 Å². The topological polar surface area (TPSA) is 90.9 Å². The first-order valence-corrected chi connectivity index (χ1v) is 6.55. The summed E-state index contributed by atoms with van der Waals surface area (Å²) in [5.74, 6) is 0.291. The quantitative estimate of drug-likeness (QED) is 0.178. The maximum Gasteiger partial charge on any atom is 0.139 e. The average molecular weight is 243 g/mol. The molecule has 5 heteroatoms. The fourth-order valence-electron chi connectivity index (χ4n) is 2.45. The molecule has 0 radical (unpaired) electrons. The van der Waals surface area contributed by atoms with E-state index in [9.17, 15) is 5.11 Å². The molecule has 0 spiro atoms. The smallest absolute Gasteiger partial charge is 0.139 e. The second-order valence-electron chi connectivity index (χ2n) is 4.97. The van der Waals surface area contributed by atoms with Gasteiger partial charge < -0.3 is 21.4 Å². The predicted molar refractivity (Wildman–Crippen MR) is 68.2 cm³/mol. The lowest BCUT2D eigenvalue weighted by atomic mass is 9.82. The SMILES string of the molecule is NC(CCCCNC1(CO)CCCCC1)=NO. The Bertz CT molecular complexity index is 238. The van der Waals surface area contributed by atoms with Gasteiger partial charge in [0.2, 0.25) is 0 Å². The van der Waals surface area contributed by atoms with E-state index < -0.39 is 0 Å². The van der Waals surface area contributed by atoms with E-state index in [-0.39, 0.29) is 12.1 Å². The molecule has 0 heterocycles. The molecule has 1 aliphatic carbocycles. The minimum atomic E-state index is -0.0468. The molecule has 0 bridgehead atoms. The van der Waals surface area contributed by atoms with Crippen LogP contribution in [0.4, 0.5) is 0 Å². The van der Waals surface area contributed by atoms with E-state index in [1.54, 1.807) is 0 Å². The molecule has 0 unspecified atom stereocenters. The molecule has 0 aromatic rings. The van der Waals surface area contributed by atoms with Crippen molar-refractivity contribution in [2.75, 3.05) is 13.2 Å². The van der Waals surface area contributed by atoms with E-state index in [1.807, 2.05) is 0 Å². The largest absolute Gasteiger partial charge is 0.409 e. The summed E-state index contributed by atoms with van der Waals surface area (Å²) in [6, 6.07) is 0. The first kappa shape index (κ1) is 14.3. The normalized spacial score (nSPS) is 20.4. The molecule has 0 atom stereocenters. The van der Waals surface area contributed by atoms with Crippen LogP contribution < -0.4 is 11.1 Å². The minimum absolute atomic E-state index is 0.0468. The molecule has 0 amide bonds. The summed E-state index contributed by atoms with van der Waals surface area (Å²) >= 11 is 0. The molecule has 1 fully saturated rings. The molecule has 5 N–H and O–H groups in total. The van der Waals surface area contributed by atoms with Crippen LogP contribution in [0.15, 0.2) is 5.16 Å². The Balaban J connectivity index is 2.15. The van der Waals surface area contributed by atoms with Gasteiger partial charge in [0.25, 0.3) is 0 Å². The van der Waals surface area contributed by atoms with Crippen molar-refractivity contribution in [1.82, 2.24) is 5.32 Å². The zero-order valence-electron chi connectivity index (χ0n) is 10.5. The number of nitrogens with two attached hydrogens (primary N) is 1. The molecular weight excluding hydrogens is 218 g/mol. The predicted octanol–water partition coefficient (Wildman–Crippen LogP) is 1.19. The van der Waals surface area contributed by atoms with Crippen molar-refractivity contribution in [3.05, 3.63) is 0 Å². The number of aliphatic hydroxyl groups excluding tert-OH is 1. The number of nitrogens with one attached hydrogen (secondary N) is 1. The van der Waals surface area contributed by atoms with Crippen LogP contribution in [0.1, 0.15) is 51.4 Å². The van der Waals surface area contributed by atoms with Crippen molar-refractivity contribution in [2.45, 2.75) is 56.9 Å². The number of hydrogen-bond donors (Lipinski definition) is 4. The Morgan fingerprint density at radius 2 is 1.94 bits per heavy atom. The number of unbranched alkanes of at least 4 members (excludes halogenated alkanes) is 1. The van der Waals surface area contributed by atoms with E-state index in [2.05, 4.69) is 10.5 Å². The molecule has 0 aliphatic heterocycles. The second-order valence-corrected chi connectivity index (χ2v) is 4.97. The maximum absolute atomic E-state index is 9.49. The monoisotopic (exact) mass is 243 g/mol. The van der Waals surface area contributed by atoms with Crippen molar-refractivity contribution in [3.8, 4) is 0 Å². The van der Waals surface area contributed by atoms with E-state index in [1.165, 1.54) is 19.3 Å². The summed E-state index contributed by atoms with van der Waals surface area (Å²) in [4.78, 5) is 0. The van der Waals surface area contributed by atoms with Gasteiger partial charge in [0.15, 0.2) is 0 Å². The van der Waals surface area contributed by atoms with E-state index >= 15 is 0 Å². The highest BCUT2D eigenvalue weighted by molar-refractivity contribution is 5.79. The molecule has 100 valence electrons. The van der Waals surface area contributed by atoms with Gasteiger partial charge in [0, 0.05) is 12.0 Å². The highest BCUT2D eigenvalue weighted by Gasteiger charge is 2.30. The van der Waals surface area contributed by atoms with Crippen LogP contribution in [0.2, 0.25) is 0 Å². The van der Waals surface area contributed by atoms with E-state index in [0.29, 0.717) is 12.3 Å². The number of oxime groups is 1. The summed E-state index contributed by atoms with van der Waals surface area (Å²) in [6.07, 6.45) is 8.36. The molecule has 1 saturated carbocycles. The number of nitrogens with zero attached hydrogens (tertiary/aromatic N) is 1. The van der Waals surface area contributed by atoms with Crippen LogP contribution in [0.5, 0.6) is 0 Å². The molecule has 5 nitrogen and oxygen atoms in total. The van der Waals surface area contributed by atoms with Gasteiger partial charge in [-0.3, -0.25) is 0 Å². The standard InChI is InChI=1S/C12H25N3O2/c13-11(15-17)6-2-5-9-14-12(10-16)7-3-1-4-8-12/h14,16-17H,1-10H2,(H2,13,15). The number of amidine groups is 1. The van der Waals surface area contributed by atoms with Crippen molar-refractivity contribution >= 4 is 5.84 Å². The van der Waals surface area contributed by atoms with Gasteiger partial charge in [-0.2, -0.15) is 0 Å². The Hall–Kier alpha value is -0.810. The van der Waals surface area contributed by atoms with E-state index in [0.717, 1.165) is 32.2 Å². The lowest BCUT2D eigenvalue weighted by Crippen LogP contribution is -2.50. The lowest BCUT2D eigenvalue weighted by Gasteiger charge is -2.36. The molecule has 1 rings (SSSR count). The Morgan fingerprint density at radius 3 is 2.53 bits per heavy atom. The zero-order valence-corrected chi connectivity index (χ0v) is 10.5. The summed E-state index contributed by atoms with van der Waals surface area (Å²) in [5.41, 5.74) is 5.34. The fourth-order valence-corrected chi connectivity index (χ4v) is 2.45. The third-order valence-corrected chi connectivity index (χ3v) is 3.60. The van der Waals surface area contributed by atoms with Gasteiger partial charge in [-0.15, -0.1) is 0 Å². The van der Waals surface area contributed by atoms with Crippen molar-refractivity contribution in [1.29, 1.82) is 0 Å². The molecule has 17 heavy (non-hydrogen) atoms. The summed E-state index contributed by atoms with van der Waals surface area (Å²) in [7, 11) is 0. The van der Waals surface area contributed by atoms with Gasteiger partial charge in [0.1, 0.15) is 5.84 Å². The third kappa shape index (κ3) is 4.91. The van der Waals surface area contributed by atoms with Crippen LogP contribution in [-0.4, -0.2) is 34.8 Å². The van der Waals surface area contributed by atoms with Crippen molar-refractivity contribution < 1.29 is 10.3 Å². The van der Waals surface area contributed by atoms with E-state index in [4.69, 9.17) is 10.9 Å². The zero-order chi connectivity index (χ0) is 12.6. The minimum Gasteiger partial charge on any atom is -0.409 e. The molecular formula is C12H25N3O2. The molecule has 0 aromatic heterocycles. The Kier molecular flexibility index (Phi) is 6.29.